The van der Waals surface area contributed by atoms with Crippen molar-refractivity contribution in [2.24, 2.45) is 0 Å². The molecule has 0 aliphatic carbocycles. The third-order valence-electron chi connectivity index (χ3n) is 4.90. The van der Waals surface area contributed by atoms with Crippen LogP contribution in [0.5, 0.6) is 11.5 Å². The topological polar surface area (TPSA) is 55.8 Å². The van der Waals surface area contributed by atoms with Crippen LogP contribution in [-0.4, -0.2) is 41.0 Å². The minimum Gasteiger partial charge on any atom is -0.486 e. The van der Waals surface area contributed by atoms with Gasteiger partial charge in [0.2, 0.25) is 0 Å². The third-order valence-corrected chi connectivity index (χ3v) is 5.83. The lowest BCUT2D eigenvalue weighted by atomic mass is 10.0. The molecule has 0 radical (unpaired) electrons. The van der Waals surface area contributed by atoms with E-state index in [1.54, 1.807) is 30.5 Å². The highest BCUT2D eigenvalue weighted by atomic mass is 32.2. The minimum absolute atomic E-state index is 0.0100. The van der Waals surface area contributed by atoms with E-state index in [9.17, 15) is 9.00 Å². The Morgan fingerprint density at radius 2 is 1.81 bits per heavy atom. The van der Waals surface area contributed by atoms with Crippen LogP contribution < -0.4 is 9.47 Å². The first kappa shape index (κ1) is 17.1. The summed E-state index contributed by atoms with van der Waals surface area (Å²) in [6, 6.07) is 13.0. The second kappa shape index (κ2) is 7.11. The Morgan fingerprint density at radius 3 is 2.54 bits per heavy atom. The number of carbonyl (C=O) groups is 1. The second-order valence-electron chi connectivity index (χ2n) is 6.54. The van der Waals surface area contributed by atoms with E-state index in [1.165, 1.54) is 0 Å². The Balaban J connectivity index is 1.58. The number of rotatable bonds is 3. The highest BCUT2D eigenvalue weighted by Gasteiger charge is 2.31. The SMILES string of the molecule is C[S@@](=O)c1ccc(C(=O)N2CCC[C@H]2c2ccc3c(c2)OCCO3)cc1. The van der Waals surface area contributed by atoms with Gasteiger partial charge in [-0.3, -0.25) is 9.00 Å². The van der Waals surface area contributed by atoms with Gasteiger partial charge >= 0.3 is 0 Å². The van der Waals surface area contributed by atoms with Gasteiger partial charge in [-0.05, 0) is 54.8 Å². The van der Waals surface area contributed by atoms with Gasteiger partial charge in [0.05, 0.1) is 6.04 Å². The molecular formula is C20H21NO4S. The van der Waals surface area contributed by atoms with Crippen molar-refractivity contribution in [3.63, 3.8) is 0 Å². The molecule has 136 valence electrons. The molecule has 2 aliphatic rings. The standard InChI is InChI=1S/C20H21NO4S/c1-26(23)16-7-4-14(5-8-16)20(22)21-10-2-3-17(21)15-6-9-18-19(13-15)25-12-11-24-18/h4-9,13,17H,2-3,10-12H2,1H3/t17-,26+/m0/s1. The molecule has 26 heavy (non-hydrogen) atoms. The van der Waals surface area contributed by atoms with Gasteiger partial charge in [-0.1, -0.05) is 6.07 Å². The van der Waals surface area contributed by atoms with E-state index in [0.29, 0.717) is 18.8 Å². The van der Waals surface area contributed by atoms with Crippen molar-refractivity contribution in [3.8, 4) is 11.5 Å². The van der Waals surface area contributed by atoms with E-state index in [4.69, 9.17) is 9.47 Å². The van der Waals surface area contributed by atoms with Gasteiger partial charge in [0.25, 0.3) is 5.91 Å². The molecule has 0 spiro atoms. The fourth-order valence-electron chi connectivity index (χ4n) is 3.58. The molecule has 2 atom stereocenters. The maximum atomic E-state index is 13.0. The first-order chi connectivity index (χ1) is 12.6. The summed E-state index contributed by atoms with van der Waals surface area (Å²) in [4.78, 5) is 15.6. The van der Waals surface area contributed by atoms with Gasteiger partial charge in [-0.15, -0.1) is 0 Å². The summed E-state index contributed by atoms with van der Waals surface area (Å²) in [5.41, 5.74) is 1.70. The van der Waals surface area contributed by atoms with Crippen LogP contribution in [0.4, 0.5) is 0 Å². The summed E-state index contributed by atoms with van der Waals surface area (Å²) in [6.07, 6.45) is 3.54. The molecule has 1 fully saturated rings. The molecule has 1 amide bonds. The number of ether oxygens (including phenoxy) is 2. The summed E-state index contributed by atoms with van der Waals surface area (Å²) in [5, 5.41) is 0. The van der Waals surface area contributed by atoms with E-state index < -0.39 is 10.8 Å². The van der Waals surface area contributed by atoms with Crippen LogP contribution in [-0.2, 0) is 10.8 Å². The van der Waals surface area contributed by atoms with Crippen molar-refractivity contribution in [3.05, 3.63) is 53.6 Å². The van der Waals surface area contributed by atoms with Crippen molar-refractivity contribution >= 4 is 16.7 Å². The van der Waals surface area contributed by atoms with Gasteiger partial charge in [0.15, 0.2) is 11.5 Å². The lowest BCUT2D eigenvalue weighted by Crippen LogP contribution is -2.30. The Labute approximate surface area is 155 Å². The number of nitrogens with zero attached hydrogens (tertiary/aromatic N) is 1. The van der Waals surface area contributed by atoms with Crippen LogP contribution >= 0.6 is 0 Å². The lowest BCUT2D eigenvalue weighted by molar-refractivity contribution is 0.0735. The van der Waals surface area contributed by atoms with Gasteiger partial charge in [0.1, 0.15) is 13.2 Å². The molecule has 0 aromatic heterocycles. The molecule has 2 aromatic rings. The van der Waals surface area contributed by atoms with Gasteiger partial charge in [-0.25, -0.2) is 0 Å². The first-order valence-corrected chi connectivity index (χ1v) is 10.3. The van der Waals surface area contributed by atoms with Crippen molar-refractivity contribution < 1.29 is 18.5 Å². The monoisotopic (exact) mass is 371 g/mol. The molecule has 0 saturated carbocycles. The predicted octanol–water partition coefficient (Wildman–Crippen LogP) is 3.17. The van der Waals surface area contributed by atoms with Crippen LogP contribution in [0.1, 0.15) is 34.8 Å². The normalized spacial score (nSPS) is 20.0. The Kier molecular flexibility index (Phi) is 4.68. The van der Waals surface area contributed by atoms with Crippen molar-refractivity contribution in [2.75, 3.05) is 26.0 Å². The molecule has 2 aromatic carbocycles. The number of benzene rings is 2. The van der Waals surface area contributed by atoms with Crippen LogP contribution in [0.25, 0.3) is 0 Å². The highest BCUT2D eigenvalue weighted by Crippen LogP contribution is 2.38. The fourth-order valence-corrected chi connectivity index (χ4v) is 4.10. The molecule has 6 heteroatoms. The Bertz CT molecular complexity index is 849. The zero-order valence-corrected chi connectivity index (χ0v) is 15.5. The number of fused-ring (bicyclic) bond motifs is 1. The van der Waals surface area contributed by atoms with E-state index >= 15 is 0 Å². The molecule has 1 saturated heterocycles. The first-order valence-electron chi connectivity index (χ1n) is 8.77. The fraction of sp³-hybridized carbons (Fsp3) is 0.350. The largest absolute Gasteiger partial charge is 0.486 e. The highest BCUT2D eigenvalue weighted by molar-refractivity contribution is 7.84. The molecular weight excluding hydrogens is 350 g/mol. The number of likely N-dealkylation sites (tertiary alicyclic amines) is 1. The molecule has 0 unspecified atom stereocenters. The van der Waals surface area contributed by atoms with Crippen molar-refractivity contribution in [2.45, 2.75) is 23.8 Å². The quantitative estimate of drug-likeness (QED) is 0.832. The zero-order valence-electron chi connectivity index (χ0n) is 14.6. The minimum atomic E-state index is -1.04. The van der Waals surface area contributed by atoms with Gasteiger partial charge in [0, 0.05) is 34.1 Å². The second-order valence-corrected chi connectivity index (χ2v) is 7.92. The molecule has 0 bridgehead atoms. The summed E-state index contributed by atoms with van der Waals surface area (Å²) >= 11 is 0. The number of hydrogen-bond acceptors (Lipinski definition) is 4. The number of carbonyl (C=O) groups excluding carboxylic acids is 1. The van der Waals surface area contributed by atoms with Crippen LogP contribution in [0, 0.1) is 0 Å². The van der Waals surface area contributed by atoms with E-state index in [0.717, 1.165) is 41.3 Å². The number of hydrogen-bond donors (Lipinski definition) is 0. The van der Waals surface area contributed by atoms with Gasteiger partial charge in [-0.2, -0.15) is 0 Å². The zero-order chi connectivity index (χ0) is 18.1. The lowest BCUT2D eigenvalue weighted by Gasteiger charge is -2.27. The summed E-state index contributed by atoms with van der Waals surface area (Å²) in [7, 11) is -1.04. The van der Waals surface area contributed by atoms with E-state index in [1.807, 2.05) is 23.1 Å². The third kappa shape index (κ3) is 3.21. The average Bonchev–Trinajstić information content (AvgIpc) is 3.17. The Morgan fingerprint density at radius 1 is 1.08 bits per heavy atom. The molecule has 2 heterocycles. The average molecular weight is 371 g/mol. The van der Waals surface area contributed by atoms with Crippen molar-refractivity contribution in [1.82, 2.24) is 4.90 Å². The smallest absolute Gasteiger partial charge is 0.254 e. The molecule has 4 rings (SSSR count). The Hall–Kier alpha value is -2.34. The molecule has 2 aliphatic heterocycles. The predicted molar refractivity (Wildman–Crippen MR) is 99.2 cm³/mol. The number of amides is 1. The van der Waals surface area contributed by atoms with Gasteiger partial charge < -0.3 is 14.4 Å². The van der Waals surface area contributed by atoms with Crippen LogP contribution in [0.15, 0.2) is 47.4 Å². The van der Waals surface area contributed by atoms with Crippen LogP contribution in [0.3, 0.4) is 0 Å². The maximum absolute atomic E-state index is 13.0. The maximum Gasteiger partial charge on any atom is 0.254 e. The van der Waals surface area contributed by atoms with Crippen LogP contribution in [0.2, 0.25) is 0 Å². The van der Waals surface area contributed by atoms with E-state index in [2.05, 4.69) is 0 Å². The summed E-state index contributed by atoms with van der Waals surface area (Å²) in [6.45, 7) is 1.85. The molecule has 0 N–H and O–H groups in total. The summed E-state index contributed by atoms with van der Waals surface area (Å²) < 4.78 is 22.8. The van der Waals surface area contributed by atoms with Crippen molar-refractivity contribution in [1.29, 1.82) is 0 Å². The summed E-state index contributed by atoms with van der Waals surface area (Å²) in [5.74, 6) is 1.53. The van der Waals surface area contributed by atoms with E-state index in [-0.39, 0.29) is 11.9 Å². The molecule has 5 nitrogen and oxygen atoms in total.